The second-order valence-electron chi connectivity index (χ2n) is 4.97. The Kier molecular flexibility index (Phi) is 6.40. The van der Waals surface area contributed by atoms with Crippen LogP contribution in [-0.2, 0) is 20.9 Å². The van der Waals surface area contributed by atoms with E-state index in [2.05, 4.69) is 3.77 Å². The standard InChI is InChI=1S/C16H19N3O4S2/c1-3-18(4-2)24(16-13-9-8-12-15(16)19(20)21)17-25(22,23)14-10-6-5-7-11-14/h5-13H,3-4H2,1-2H3. The van der Waals surface area contributed by atoms with Crippen molar-refractivity contribution in [2.75, 3.05) is 13.1 Å². The predicted molar refractivity (Wildman–Crippen MR) is 97.7 cm³/mol. The SMILES string of the molecule is CCN(CC)/S(=N\S(=O)(=O)c1ccccc1)c1ccccc1[N+](=O)[O-]. The molecule has 2 aromatic rings. The zero-order valence-corrected chi connectivity index (χ0v) is 15.5. The van der Waals surface area contributed by atoms with Crippen molar-refractivity contribution in [3.63, 3.8) is 0 Å². The Morgan fingerprint density at radius 3 is 2.16 bits per heavy atom. The third kappa shape index (κ3) is 4.50. The molecule has 0 bridgehead atoms. The Bertz CT molecular complexity index is 879. The molecule has 0 N–H and O–H groups in total. The largest absolute Gasteiger partial charge is 0.289 e. The van der Waals surface area contributed by atoms with Crippen molar-refractivity contribution in [3.05, 3.63) is 64.7 Å². The van der Waals surface area contributed by atoms with Crippen molar-refractivity contribution in [1.29, 1.82) is 0 Å². The topological polar surface area (TPSA) is 92.9 Å². The highest BCUT2D eigenvalue weighted by Gasteiger charge is 2.24. The van der Waals surface area contributed by atoms with E-state index >= 15 is 0 Å². The summed E-state index contributed by atoms with van der Waals surface area (Å²) in [6.45, 7) is 4.75. The molecular weight excluding hydrogens is 362 g/mol. The Hall–Kier alpha value is -2.10. The summed E-state index contributed by atoms with van der Waals surface area (Å²) in [5, 5.41) is 11.4. The molecule has 0 saturated heterocycles. The monoisotopic (exact) mass is 381 g/mol. The Morgan fingerprint density at radius 1 is 1.04 bits per heavy atom. The zero-order chi connectivity index (χ0) is 18.4. The summed E-state index contributed by atoms with van der Waals surface area (Å²) < 4.78 is 31.2. The molecule has 0 saturated carbocycles. The molecule has 0 amide bonds. The van der Waals surface area contributed by atoms with Crippen LogP contribution in [-0.4, -0.2) is 30.7 Å². The van der Waals surface area contributed by atoms with E-state index in [0.717, 1.165) is 0 Å². The molecule has 2 aromatic carbocycles. The van der Waals surface area contributed by atoms with Crippen molar-refractivity contribution in [2.24, 2.45) is 3.77 Å². The van der Waals surface area contributed by atoms with Gasteiger partial charge < -0.3 is 0 Å². The quantitative estimate of drug-likeness (QED) is 0.541. The van der Waals surface area contributed by atoms with Gasteiger partial charge in [0.1, 0.15) is 4.90 Å². The molecule has 0 fully saturated rings. The van der Waals surface area contributed by atoms with Gasteiger partial charge in [-0.15, -0.1) is 3.77 Å². The Morgan fingerprint density at radius 2 is 1.60 bits per heavy atom. The summed E-state index contributed by atoms with van der Waals surface area (Å²) in [4.78, 5) is 11.2. The zero-order valence-electron chi connectivity index (χ0n) is 13.9. The van der Waals surface area contributed by atoms with E-state index in [1.165, 1.54) is 18.2 Å². The van der Waals surface area contributed by atoms with Gasteiger partial charge in [-0.3, -0.25) is 10.1 Å². The molecule has 7 nitrogen and oxygen atoms in total. The van der Waals surface area contributed by atoms with Crippen LogP contribution in [0.25, 0.3) is 0 Å². The van der Waals surface area contributed by atoms with Gasteiger partial charge in [0.2, 0.25) is 0 Å². The number of benzene rings is 2. The number of hydrogen-bond acceptors (Lipinski definition) is 4. The van der Waals surface area contributed by atoms with Crippen molar-refractivity contribution in [2.45, 2.75) is 23.6 Å². The van der Waals surface area contributed by atoms with Crippen LogP contribution >= 0.6 is 0 Å². The Balaban J connectivity index is 2.69. The summed E-state index contributed by atoms with van der Waals surface area (Å²) in [6.07, 6.45) is 0. The molecular formula is C16H19N3O4S2. The molecule has 9 heteroatoms. The molecule has 0 aliphatic rings. The average molecular weight is 381 g/mol. The highest BCUT2D eigenvalue weighted by Crippen LogP contribution is 2.27. The molecule has 0 aliphatic carbocycles. The molecule has 0 aromatic heterocycles. The van der Waals surface area contributed by atoms with Crippen molar-refractivity contribution in [3.8, 4) is 0 Å². The van der Waals surface area contributed by atoms with Crippen molar-refractivity contribution < 1.29 is 13.3 Å². The van der Waals surface area contributed by atoms with Crippen molar-refractivity contribution in [1.82, 2.24) is 4.31 Å². The lowest BCUT2D eigenvalue weighted by molar-refractivity contribution is -0.387. The first-order valence-electron chi connectivity index (χ1n) is 7.66. The second-order valence-corrected chi connectivity index (χ2v) is 8.47. The number of sulfonamides is 1. The summed E-state index contributed by atoms with van der Waals surface area (Å²) in [7, 11) is -5.24. The van der Waals surface area contributed by atoms with Crippen LogP contribution in [0.5, 0.6) is 0 Å². The summed E-state index contributed by atoms with van der Waals surface area (Å²) in [6, 6.07) is 14.0. The lowest BCUT2D eigenvalue weighted by Crippen LogP contribution is -2.26. The van der Waals surface area contributed by atoms with Gasteiger partial charge in [0, 0.05) is 30.0 Å². The van der Waals surface area contributed by atoms with E-state index in [0.29, 0.717) is 13.1 Å². The van der Waals surface area contributed by atoms with Gasteiger partial charge in [-0.2, -0.15) is 8.42 Å². The minimum absolute atomic E-state index is 0.0678. The van der Waals surface area contributed by atoms with Crippen LogP contribution in [0.4, 0.5) is 5.69 Å². The first kappa shape index (κ1) is 19.2. The first-order chi connectivity index (χ1) is 11.9. The third-order valence-corrected chi connectivity index (χ3v) is 7.38. The van der Waals surface area contributed by atoms with Gasteiger partial charge in [0.05, 0.1) is 9.82 Å². The predicted octanol–water partition coefficient (Wildman–Crippen LogP) is 3.40. The highest BCUT2D eigenvalue weighted by molar-refractivity contribution is 7.99. The maximum absolute atomic E-state index is 12.7. The summed E-state index contributed by atoms with van der Waals surface area (Å²) in [5.41, 5.74) is -0.134. The molecule has 0 spiro atoms. The molecule has 1 unspecified atom stereocenters. The molecule has 25 heavy (non-hydrogen) atoms. The number of nitro groups is 1. The van der Waals surface area contributed by atoms with Gasteiger partial charge in [0.25, 0.3) is 15.7 Å². The van der Waals surface area contributed by atoms with E-state index in [1.807, 2.05) is 13.8 Å². The fourth-order valence-electron chi connectivity index (χ4n) is 2.19. The number of rotatable bonds is 7. The van der Waals surface area contributed by atoms with Gasteiger partial charge >= 0.3 is 0 Å². The average Bonchev–Trinajstić information content (AvgIpc) is 2.62. The van der Waals surface area contributed by atoms with Crippen LogP contribution in [0.2, 0.25) is 0 Å². The van der Waals surface area contributed by atoms with E-state index in [4.69, 9.17) is 0 Å². The fraction of sp³-hybridized carbons (Fsp3) is 0.250. The van der Waals surface area contributed by atoms with Gasteiger partial charge in [-0.1, -0.05) is 44.2 Å². The van der Waals surface area contributed by atoms with Gasteiger partial charge in [-0.05, 0) is 18.2 Å². The lowest BCUT2D eigenvalue weighted by Gasteiger charge is -2.21. The number of para-hydroxylation sites is 1. The number of nitrogens with zero attached hydrogens (tertiary/aromatic N) is 3. The van der Waals surface area contributed by atoms with Crippen molar-refractivity contribution >= 4 is 26.6 Å². The molecule has 1 atom stereocenters. The summed E-state index contributed by atoms with van der Waals surface area (Å²) >= 11 is 0. The minimum Gasteiger partial charge on any atom is -0.258 e. The van der Waals surface area contributed by atoms with Crippen LogP contribution in [0.1, 0.15) is 13.8 Å². The molecule has 0 radical (unpaired) electrons. The molecule has 0 heterocycles. The van der Waals surface area contributed by atoms with Crippen LogP contribution < -0.4 is 0 Å². The molecule has 2 rings (SSSR count). The van der Waals surface area contributed by atoms with E-state index < -0.39 is 25.8 Å². The van der Waals surface area contributed by atoms with E-state index in [1.54, 1.807) is 40.7 Å². The fourth-order valence-corrected chi connectivity index (χ4v) is 5.77. The van der Waals surface area contributed by atoms with Crippen LogP contribution in [0.3, 0.4) is 0 Å². The van der Waals surface area contributed by atoms with Crippen LogP contribution in [0, 0.1) is 10.1 Å². The highest BCUT2D eigenvalue weighted by atomic mass is 32.3. The molecule has 134 valence electrons. The first-order valence-corrected chi connectivity index (χ1v) is 10.2. The normalized spacial score (nSPS) is 13.1. The minimum atomic E-state index is -3.94. The van der Waals surface area contributed by atoms with Crippen LogP contribution in [0.15, 0.2) is 68.2 Å². The smallest absolute Gasteiger partial charge is 0.258 e. The van der Waals surface area contributed by atoms with Gasteiger partial charge in [-0.25, -0.2) is 4.31 Å². The van der Waals surface area contributed by atoms with E-state index in [9.17, 15) is 18.5 Å². The second kappa shape index (κ2) is 8.32. The number of nitro benzene ring substituents is 1. The molecule has 0 aliphatic heterocycles. The summed E-state index contributed by atoms with van der Waals surface area (Å²) in [5.74, 6) is 0. The lowest BCUT2D eigenvalue weighted by atomic mass is 10.3. The third-order valence-electron chi connectivity index (χ3n) is 3.42. The number of hydrogen-bond donors (Lipinski definition) is 0. The van der Waals surface area contributed by atoms with Gasteiger partial charge in [0.15, 0.2) is 0 Å². The van der Waals surface area contributed by atoms with E-state index in [-0.39, 0.29) is 15.5 Å². The Labute approximate surface area is 149 Å². The maximum atomic E-state index is 12.7. The maximum Gasteiger partial charge on any atom is 0.289 e.